The second-order valence-electron chi connectivity index (χ2n) is 4.38. The fourth-order valence-corrected chi connectivity index (χ4v) is 1.14. The standard InChI is InChI=1S/C15H25NO.H2/c1-4-5-6-7-8-9-10-11-12-15(17)16-13-14(2)3;/h5-8,11-12,14H,4,9-10,13H2,1-3H3,(H,16,17);1H/b6-5+,8-7-,12-11+;. The molecule has 0 unspecified atom stereocenters. The molecule has 0 aromatic rings. The van der Waals surface area contributed by atoms with Crippen LogP contribution in [0.25, 0.3) is 0 Å². The first kappa shape index (κ1) is 15.7. The minimum atomic E-state index is 0. The maximum Gasteiger partial charge on any atom is 0.243 e. The largest absolute Gasteiger partial charge is 0.352 e. The predicted octanol–water partition coefficient (Wildman–Crippen LogP) is 3.86. The highest BCUT2D eigenvalue weighted by atomic mass is 16.1. The van der Waals surface area contributed by atoms with Crippen molar-refractivity contribution in [2.24, 2.45) is 5.92 Å². The molecule has 0 radical (unpaired) electrons. The van der Waals surface area contributed by atoms with Crippen LogP contribution in [-0.2, 0) is 4.79 Å². The number of unbranched alkanes of at least 4 members (excludes halogenated alkanes) is 1. The summed E-state index contributed by atoms with van der Waals surface area (Å²) in [6.07, 6.45) is 14.8. The van der Waals surface area contributed by atoms with Crippen LogP contribution in [0.15, 0.2) is 36.5 Å². The zero-order chi connectivity index (χ0) is 12.9. The highest BCUT2D eigenvalue weighted by Crippen LogP contribution is 1.94. The Bertz CT molecular complexity index is 280. The Balaban J connectivity index is 0. The van der Waals surface area contributed by atoms with E-state index in [0.717, 1.165) is 25.8 Å². The van der Waals surface area contributed by atoms with Gasteiger partial charge in [-0.1, -0.05) is 51.2 Å². The van der Waals surface area contributed by atoms with Gasteiger partial charge in [-0.25, -0.2) is 0 Å². The van der Waals surface area contributed by atoms with Gasteiger partial charge in [0.2, 0.25) is 5.91 Å². The van der Waals surface area contributed by atoms with E-state index < -0.39 is 0 Å². The molecule has 0 saturated heterocycles. The van der Waals surface area contributed by atoms with Crippen molar-refractivity contribution in [2.75, 3.05) is 6.54 Å². The Labute approximate surface area is 107 Å². The minimum Gasteiger partial charge on any atom is -0.352 e. The van der Waals surface area contributed by atoms with Crippen molar-refractivity contribution in [1.82, 2.24) is 5.32 Å². The van der Waals surface area contributed by atoms with E-state index in [0.29, 0.717) is 5.92 Å². The molecule has 1 amide bonds. The molecular weight excluding hydrogens is 210 g/mol. The van der Waals surface area contributed by atoms with Gasteiger partial charge in [-0.3, -0.25) is 4.79 Å². The van der Waals surface area contributed by atoms with Crippen molar-refractivity contribution in [1.29, 1.82) is 0 Å². The van der Waals surface area contributed by atoms with Crippen LogP contribution < -0.4 is 5.32 Å². The molecule has 0 fully saturated rings. The van der Waals surface area contributed by atoms with Gasteiger partial charge in [-0.05, 0) is 31.3 Å². The van der Waals surface area contributed by atoms with Crippen LogP contribution in [0.1, 0.15) is 41.5 Å². The van der Waals surface area contributed by atoms with Gasteiger partial charge in [0.25, 0.3) is 0 Å². The van der Waals surface area contributed by atoms with Gasteiger partial charge in [0, 0.05) is 7.97 Å². The number of amides is 1. The number of allylic oxidation sites excluding steroid dienone is 5. The normalized spacial score (nSPS) is 12.2. The van der Waals surface area contributed by atoms with Crippen LogP contribution in [0.2, 0.25) is 0 Å². The molecular formula is C15H27NO. The lowest BCUT2D eigenvalue weighted by Crippen LogP contribution is -2.25. The molecule has 2 heteroatoms. The summed E-state index contributed by atoms with van der Waals surface area (Å²) in [6, 6.07) is 0. The molecule has 0 aliphatic carbocycles. The van der Waals surface area contributed by atoms with Gasteiger partial charge < -0.3 is 5.32 Å². The zero-order valence-electron chi connectivity index (χ0n) is 11.3. The van der Waals surface area contributed by atoms with Crippen LogP contribution in [0.5, 0.6) is 0 Å². The van der Waals surface area contributed by atoms with Crippen LogP contribution >= 0.6 is 0 Å². The molecule has 0 rings (SSSR count). The molecule has 0 bridgehead atoms. The summed E-state index contributed by atoms with van der Waals surface area (Å²) in [5.41, 5.74) is 0. The minimum absolute atomic E-state index is 0. The molecule has 0 spiro atoms. The molecule has 1 N–H and O–H groups in total. The van der Waals surface area contributed by atoms with E-state index in [1.54, 1.807) is 6.08 Å². The lowest BCUT2D eigenvalue weighted by atomic mass is 10.2. The third-order valence-electron chi connectivity index (χ3n) is 2.07. The third-order valence-corrected chi connectivity index (χ3v) is 2.07. The lowest BCUT2D eigenvalue weighted by Gasteiger charge is -2.03. The lowest BCUT2D eigenvalue weighted by molar-refractivity contribution is -0.116. The van der Waals surface area contributed by atoms with Gasteiger partial charge in [0.15, 0.2) is 0 Å². The molecule has 17 heavy (non-hydrogen) atoms. The molecule has 0 aromatic carbocycles. The maximum atomic E-state index is 11.3. The number of hydrogen-bond donors (Lipinski definition) is 1. The van der Waals surface area contributed by atoms with E-state index >= 15 is 0 Å². The number of nitrogens with one attached hydrogen (secondary N) is 1. The average molecular weight is 237 g/mol. The highest BCUT2D eigenvalue weighted by molar-refractivity contribution is 5.87. The van der Waals surface area contributed by atoms with Gasteiger partial charge >= 0.3 is 0 Å². The molecule has 0 saturated carbocycles. The monoisotopic (exact) mass is 237 g/mol. The second kappa shape index (κ2) is 11.2. The SMILES string of the molecule is CC/C=C/C=C\CC/C=C/C(=O)NCC(C)C.[HH]. The topological polar surface area (TPSA) is 29.1 Å². The van der Waals surface area contributed by atoms with E-state index in [4.69, 9.17) is 0 Å². The molecule has 0 aliphatic heterocycles. The van der Waals surface area contributed by atoms with E-state index in [-0.39, 0.29) is 7.33 Å². The Hall–Kier alpha value is -1.31. The van der Waals surface area contributed by atoms with E-state index in [1.165, 1.54) is 0 Å². The van der Waals surface area contributed by atoms with Crippen molar-refractivity contribution in [3.8, 4) is 0 Å². The summed E-state index contributed by atoms with van der Waals surface area (Å²) in [5.74, 6) is 0.509. The Morgan fingerprint density at radius 3 is 2.47 bits per heavy atom. The number of carbonyl (C=O) groups is 1. The Morgan fingerprint density at radius 2 is 1.82 bits per heavy atom. The van der Waals surface area contributed by atoms with Gasteiger partial charge in [-0.15, -0.1) is 0 Å². The fraction of sp³-hybridized carbons (Fsp3) is 0.533. The second-order valence-corrected chi connectivity index (χ2v) is 4.38. The molecule has 0 aliphatic rings. The number of carbonyl (C=O) groups excluding carboxylic acids is 1. The highest BCUT2D eigenvalue weighted by Gasteiger charge is 1.96. The predicted molar refractivity (Wildman–Crippen MR) is 76.9 cm³/mol. The smallest absolute Gasteiger partial charge is 0.243 e. The molecule has 0 heterocycles. The van der Waals surface area contributed by atoms with Gasteiger partial charge in [0.05, 0.1) is 0 Å². The summed E-state index contributed by atoms with van der Waals surface area (Å²) in [7, 11) is 0. The van der Waals surface area contributed by atoms with Crippen LogP contribution in [0, 0.1) is 5.92 Å². The maximum absolute atomic E-state index is 11.3. The fourth-order valence-electron chi connectivity index (χ4n) is 1.14. The summed E-state index contributed by atoms with van der Waals surface area (Å²) < 4.78 is 0. The van der Waals surface area contributed by atoms with Crippen molar-refractivity contribution in [2.45, 2.75) is 40.0 Å². The summed E-state index contributed by atoms with van der Waals surface area (Å²) >= 11 is 0. The summed E-state index contributed by atoms with van der Waals surface area (Å²) in [5, 5.41) is 2.85. The van der Waals surface area contributed by atoms with Gasteiger partial charge in [0.1, 0.15) is 0 Å². The first-order valence-electron chi connectivity index (χ1n) is 6.42. The zero-order valence-corrected chi connectivity index (χ0v) is 11.3. The summed E-state index contributed by atoms with van der Waals surface area (Å²) in [6.45, 7) is 7.02. The third kappa shape index (κ3) is 12.6. The number of hydrogen-bond acceptors (Lipinski definition) is 1. The quantitative estimate of drug-likeness (QED) is 0.387. The Kier molecular flexibility index (Phi) is 10.3. The first-order valence-corrected chi connectivity index (χ1v) is 6.42. The van der Waals surface area contributed by atoms with E-state index in [2.05, 4.69) is 50.4 Å². The van der Waals surface area contributed by atoms with E-state index in [9.17, 15) is 4.79 Å². The molecule has 0 aromatic heterocycles. The summed E-state index contributed by atoms with van der Waals surface area (Å²) in [4.78, 5) is 11.3. The number of rotatable bonds is 8. The molecule has 2 nitrogen and oxygen atoms in total. The van der Waals surface area contributed by atoms with Crippen molar-refractivity contribution in [3.63, 3.8) is 0 Å². The van der Waals surface area contributed by atoms with Crippen LogP contribution in [0.3, 0.4) is 0 Å². The van der Waals surface area contributed by atoms with Crippen molar-refractivity contribution in [3.05, 3.63) is 36.5 Å². The first-order chi connectivity index (χ1) is 8.16. The Morgan fingerprint density at radius 1 is 1.18 bits per heavy atom. The van der Waals surface area contributed by atoms with Crippen molar-refractivity contribution < 1.29 is 6.22 Å². The van der Waals surface area contributed by atoms with Crippen molar-refractivity contribution >= 4 is 5.91 Å². The average Bonchev–Trinajstić information content (AvgIpc) is 2.30. The van der Waals surface area contributed by atoms with Crippen LogP contribution in [-0.4, -0.2) is 12.5 Å². The van der Waals surface area contributed by atoms with Crippen LogP contribution in [0.4, 0.5) is 0 Å². The van der Waals surface area contributed by atoms with E-state index in [1.807, 2.05) is 6.08 Å². The van der Waals surface area contributed by atoms with Gasteiger partial charge in [-0.2, -0.15) is 0 Å². The molecule has 0 atom stereocenters. The molecule has 98 valence electrons.